The van der Waals surface area contributed by atoms with Gasteiger partial charge in [0.15, 0.2) is 0 Å². The number of rotatable bonds is 6. The Bertz CT molecular complexity index is 372. The van der Waals surface area contributed by atoms with Crippen molar-refractivity contribution in [3.63, 3.8) is 0 Å². The second-order valence-corrected chi connectivity index (χ2v) is 4.04. The van der Waals surface area contributed by atoms with Crippen molar-refractivity contribution >= 4 is 5.97 Å². The first-order chi connectivity index (χ1) is 9.19. The lowest BCUT2D eigenvalue weighted by atomic mass is 10.00. The molecule has 0 bridgehead atoms. The molecule has 1 N–H and O–H groups in total. The zero-order valence-electron chi connectivity index (χ0n) is 12.5. The van der Waals surface area contributed by atoms with Crippen LogP contribution in [0.5, 0.6) is 0 Å². The Balaban J connectivity index is 0.00000154. The molecule has 0 atom stereocenters. The maximum atomic E-state index is 11.6. The number of aliphatic hydroxyl groups excluding tert-OH is 1. The number of ether oxygens (including phenoxy) is 1. The lowest BCUT2D eigenvalue weighted by Gasteiger charge is -2.08. The Hall–Kier alpha value is -1.35. The largest absolute Gasteiger partial charge is 0.462 e. The highest BCUT2D eigenvalue weighted by molar-refractivity contribution is 5.89. The van der Waals surface area contributed by atoms with E-state index in [2.05, 4.69) is 0 Å². The van der Waals surface area contributed by atoms with E-state index in [1.54, 1.807) is 13.0 Å². The number of aryl methyl sites for hydroxylation is 2. The van der Waals surface area contributed by atoms with Crippen LogP contribution in [0, 0.1) is 6.92 Å². The first kappa shape index (κ1) is 17.6. The third-order valence-electron chi connectivity index (χ3n) is 2.71. The van der Waals surface area contributed by atoms with Gasteiger partial charge >= 0.3 is 5.97 Å². The number of benzene rings is 1. The molecule has 0 fully saturated rings. The van der Waals surface area contributed by atoms with Gasteiger partial charge in [-0.25, -0.2) is 4.79 Å². The quantitative estimate of drug-likeness (QED) is 0.633. The summed E-state index contributed by atoms with van der Waals surface area (Å²) in [5.41, 5.74) is 2.94. The number of carbonyl (C=O) groups excluding carboxylic acids is 1. The molecule has 0 unspecified atom stereocenters. The van der Waals surface area contributed by atoms with Gasteiger partial charge in [0.2, 0.25) is 0 Å². The predicted molar refractivity (Wildman–Crippen MR) is 78.5 cm³/mol. The van der Waals surface area contributed by atoms with E-state index >= 15 is 0 Å². The van der Waals surface area contributed by atoms with E-state index in [4.69, 9.17) is 9.84 Å². The fraction of sp³-hybridized carbons (Fsp3) is 0.562. The molecule has 0 radical (unpaired) electrons. The average Bonchev–Trinajstić information content (AvgIpc) is 2.43. The highest BCUT2D eigenvalue weighted by atomic mass is 16.5. The van der Waals surface area contributed by atoms with Crippen LogP contribution < -0.4 is 0 Å². The average molecular weight is 266 g/mol. The summed E-state index contributed by atoms with van der Waals surface area (Å²) in [6.07, 6.45) is 2.62. The Morgan fingerprint density at radius 3 is 2.53 bits per heavy atom. The summed E-state index contributed by atoms with van der Waals surface area (Å²) in [6.45, 7) is 8.45. The van der Waals surface area contributed by atoms with Crippen LogP contribution in [-0.2, 0) is 11.2 Å². The van der Waals surface area contributed by atoms with Gasteiger partial charge in [0.1, 0.15) is 0 Å². The minimum atomic E-state index is -0.268. The summed E-state index contributed by atoms with van der Waals surface area (Å²) in [7, 11) is 0. The number of unbranched alkanes of at least 4 members (excludes halogenated alkanes) is 1. The first-order valence-electron chi connectivity index (χ1n) is 7.06. The van der Waals surface area contributed by atoms with Crippen LogP contribution in [0.25, 0.3) is 0 Å². The molecule has 0 aromatic heterocycles. The third-order valence-corrected chi connectivity index (χ3v) is 2.71. The third kappa shape index (κ3) is 6.39. The van der Waals surface area contributed by atoms with Crippen molar-refractivity contribution in [2.75, 3.05) is 13.2 Å². The van der Waals surface area contributed by atoms with Crippen molar-refractivity contribution < 1.29 is 14.6 Å². The standard InChI is InChI=1S/C14H20O3.C2H6/c1-3-17-14(16)13-8-7-11(2)12(10-13)6-4-5-9-15;1-2/h7-8,10,15H,3-6,9H2,1-2H3;1-2H3. The predicted octanol–water partition coefficient (Wildman–Crippen LogP) is 3.51. The molecule has 3 heteroatoms. The van der Waals surface area contributed by atoms with Gasteiger partial charge in [-0.3, -0.25) is 0 Å². The highest BCUT2D eigenvalue weighted by Gasteiger charge is 2.08. The lowest BCUT2D eigenvalue weighted by molar-refractivity contribution is 0.0526. The fourth-order valence-electron chi connectivity index (χ4n) is 1.71. The van der Waals surface area contributed by atoms with Gasteiger partial charge in [-0.1, -0.05) is 19.9 Å². The number of hydrogen-bond donors (Lipinski definition) is 1. The van der Waals surface area contributed by atoms with Crippen molar-refractivity contribution in [3.8, 4) is 0 Å². The summed E-state index contributed by atoms with van der Waals surface area (Å²) < 4.78 is 4.97. The number of carbonyl (C=O) groups is 1. The monoisotopic (exact) mass is 266 g/mol. The molecule has 1 rings (SSSR count). The topological polar surface area (TPSA) is 46.5 Å². The molecule has 1 aromatic carbocycles. The first-order valence-corrected chi connectivity index (χ1v) is 7.06. The number of esters is 1. The molecule has 19 heavy (non-hydrogen) atoms. The summed E-state index contributed by atoms with van der Waals surface area (Å²) >= 11 is 0. The van der Waals surface area contributed by atoms with Gasteiger partial charge < -0.3 is 9.84 Å². The molecular formula is C16H26O3. The molecule has 0 saturated heterocycles. The smallest absolute Gasteiger partial charge is 0.338 e. The Morgan fingerprint density at radius 1 is 1.26 bits per heavy atom. The zero-order chi connectivity index (χ0) is 14.7. The lowest BCUT2D eigenvalue weighted by Crippen LogP contribution is -2.05. The highest BCUT2D eigenvalue weighted by Crippen LogP contribution is 2.15. The summed E-state index contributed by atoms with van der Waals surface area (Å²) in [4.78, 5) is 11.6. The van der Waals surface area contributed by atoms with Crippen LogP contribution >= 0.6 is 0 Å². The summed E-state index contributed by atoms with van der Waals surface area (Å²) in [5.74, 6) is -0.268. The van der Waals surface area contributed by atoms with Gasteiger partial charge in [0.05, 0.1) is 12.2 Å². The van der Waals surface area contributed by atoms with Crippen LogP contribution in [0.4, 0.5) is 0 Å². The summed E-state index contributed by atoms with van der Waals surface area (Å²) in [6, 6.07) is 5.63. The van der Waals surface area contributed by atoms with E-state index in [1.807, 2.05) is 32.9 Å². The van der Waals surface area contributed by atoms with E-state index in [1.165, 1.54) is 5.56 Å². The number of hydrogen-bond acceptors (Lipinski definition) is 3. The van der Waals surface area contributed by atoms with E-state index in [0.717, 1.165) is 24.8 Å². The maximum Gasteiger partial charge on any atom is 0.338 e. The van der Waals surface area contributed by atoms with Crippen LogP contribution in [0.1, 0.15) is 55.1 Å². The van der Waals surface area contributed by atoms with E-state index in [0.29, 0.717) is 12.2 Å². The number of aliphatic hydroxyl groups is 1. The van der Waals surface area contributed by atoms with Crippen LogP contribution in [0.3, 0.4) is 0 Å². The molecule has 0 heterocycles. The molecule has 0 amide bonds. The van der Waals surface area contributed by atoms with Crippen LogP contribution in [0.15, 0.2) is 18.2 Å². The van der Waals surface area contributed by atoms with Gasteiger partial charge in [0, 0.05) is 6.61 Å². The van der Waals surface area contributed by atoms with Crippen molar-refractivity contribution in [2.24, 2.45) is 0 Å². The normalized spacial score (nSPS) is 9.53. The van der Waals surface area contributed by atoms with Crippen LogP contribution in [-0.4, -0.2) is 24.3 Å². The Kier molecular flexibility index (Phi) is 9.81. The molecule has 1 aromatic rings. The molecule has 0 spiro atoms. The molecule has 0 aliphatic rings. The second kappa shape index (κ2) is 10.6. The molecule has 0 aliphatic carbocycles. The Labute approximate surface area is 116 Å². The summed E-state index contributed by atoms with van der Waals surface area (Å²) in [5, 5.41) is 8.75. The van der Waals surface area contributed by atoms with Crippen molar-refractivity contribution in [3.05, 3.63) is 34.9 Å². The fourth-order valence-corrected chi connectivity index (χ4v) is 1.71. The van der Waals surface area contributed by atoms with Gasteiger partial charge in [-0.2, -0.15) is 0 Å². The van der Waals surface area contributed by atoms with Crippen LogP contribution in [0.2, 0.25) is 0 Å². The molecule has 3 nitrogen and oxygen atoms in total. The van der Waals surface area contributed by atoms with Gasteiger partial charge in [-0.15, -0.1) is 0 Å². The second-order valence-electron chi connectivity index (χ2n) is 4.04. The van der Waals surface area contributed by atoms with Crippen molar-refractivity contribution in [2.45, 2.75) is 47.0 Å². The van der Waals surface area contributed by atoms with E-state index < -0.39 is 0 Å². The molecule has 0 saturated carbocycles. The maximum absolute atomic E-state index is 11.6. The SMILES string of the molecule is CC.CCOC(=O)c1ccc(C)c(CCCCO)c1. The Morgan fingerprint density at radius 2 is 1.95 bits per heavy atom. The minimum absolute atomic E-state index is 0.219. The minimum Gasteiger partial charge on any atom is -0.462 e. The van der Waals surface area contributed by atoms with Gasteiger partial charge in [-0.05, 0) is 56.4 Å². The molecule has 0 aliphatic heterocycles. The molecule has 108 valence electrons. The zero-order valence-corrected chi connectivity index (χ0v) is 12.5. The van der Waals surface area contributed by atoms with Crippen molar-refractivity contribution in [1.82, 2.24) is 0 Å². The molecular weight excluding hydrogens is 240 g/mol. The van der Waals surface area contributed by atoms with Gasteiger partial charge in [0.25, 0.3) is 0 Å². The van der Waals surface area contributed by atoms with E-state index in [-0.39, 0.29) is 12.6 Å². The van der Waals surface area contributed by atoms with Crippen molar-refractivity contribution in [1.29, 1.82) is 0 Å². The van der Waals surface area contributed by atoms with E-state index in [9.17, 15) is 4.79 Å².